The first-order valence-corrected chi connectivity index (χ1v) is 36.7. The normalized spacial score (nSPS) is 14.9. The summed E-state index contributed by atoms with van der Waals surface area (Å²) in [7, 11) is -4.04. The number of sulfone groups is 1. The summed E-state index contributed by atoms with van der Waals surface area (Å²) in [6.45, 7) is 22.4. The summed E-state index contributed by atoms with van der Waals surface area (Å²) < 4.78 is 82.7. The highest BCUT2D eigenvalue weighted by molar-refractivity contribution is 7.91. The lowest BCUT2D eigenvalue weighted by Crippen LogP contribution is -2.48. The number of fused-ring (bicyclic) bond motifs is 1. The first-order chi connectivity index (χ1) is 47.8. The third kappa shape index (κ3) is 17.2. The Bertz CT molecular complexity index is 4910. The van der Waals surface area contributed by atoms with Crippen LogP contribution in [0.3, 0.4) is 0 Å². The van der Waals surface area contributed by atoms with Crippen LogP contribution in [0.25, 0.3) is 11.1 Å². The second-order valence-corrected chi connectivity index (χ2v) is 29.9. The van der Waals surface area contributed by atoms with Crippen LogP contribution < -0.4 is 36.0 Å². The molecule has 0 saturated heterocycles. The highest BCUT2D eigenvalue weighted by Crippen LogP contribution is 2.40. The van der Waals surface area contributed by atoms with Gasteiger partial charge in [0.1, 0.15) is 28.3 Å². The number of aromatic nitrogens is 7. The maximum absolute atomic E-state index is 13.5. The fourth-order valence-corrected chi connectivity index (χ4v) is 14.9. The Morgan fingerprint density at radius 3 is 1.99 bits per heavy atom. The Hall–Kier alpha value is -9.48. The van der Waals surface area contributed by atoms with Crippen molar-refractivity contribution >= 4 is 107 Å². The molecule has 4 aromatic heterocycles. The van der Waals surface area contributed by atoms with E-state index in [0.717, 1.165) is 57.1 Å². The van der Waals surface area contributed by atoms with E-state index < -0.39 is 82.2 Å². The molecule has 3 aromatic carbocycles. The van der Waals surface area contributed by atoms with Crippen LogP contribution in [-0.2, 0) is 93.3 Å². The number of carbonyl (C=O) groups is 6. The van der Waals surface area contributed by atoms with Gasteiger partial charge < -0.3 is 38.7 Å². The molecular formula is C66H79Cl2N11O20S3. The quantitative estimate of drug-likeness (QED) is 0.0584. The van der Waals surface area contributed by atoms with E-state index in [0.29, 0.717) is 83.3 Å². The van der Waals surface area contributed by atoms with Crippen molar-refractivity contribution in [1.29, 1.82) is 0 Å². The molecule has 0 spiro atoms. The topological polar surface area (TPSA) is 391 Å². The molecular weight excluding hydrogens is 1430 g/mol. The molecule has 1 atom stereocenters. The van der Waals surface area contributed by atoms with Crippen molar-refractivity contribution in [3.05, 3.63) is 145 Å². The second-order valence-electron chi connectivity index (χ2n) is 24.4. The van der Waals surface area contributed by atoms with Gasteiger partial charge in [0, 0.05) is 65.8 Å². The molecule has 3 aliphatic rings. The lowest BCUT2D eigenvalue weighted by Gasteiger charge is -2.32. The van der Waals surface area contributed by atoms with Gasteiger partial charge >= 0.3 is 41.6 Å². The summed E-state index contributed by atoms with van der Waals surface area (Å²) in [6, 6.07) is 10.3. The average molecular weight is 1510 g/mol. The Balaban J connectivity index is 0.000000191. The molecule has 1 amide bonds. The molecule has 1 unspecified atom stereocenters. The van der Waals surface area contributed by atoms with Crippen LogP contribution in [0, 0.1) is 26.2 Å². The second kappa shape index (κ2) is 32.7. The summed E-state index contributed by atoms with van der Waals surface area (Å²) in [4.78, 5) is 115. The number of methoxy groups -OCH3 is 1. The predicted octanol–water partition coefficient (Wildman–Crippen LogP) is 7.56. The number of sulfonamides is 1. The molecule has 10 rings (SSSR count). The van der Waals surface area contributed by atoms with Crippen LogP contribution >= 0.6 is 34.5 Å². The molecule has 0 bridgehead atoms. The number of halogens is 2. The highest BCUT2D eigenvalue weighted by atomic mass is 35.5. The van der Waals surface area contributed by atoms with Crippen molar-refractivity contribution in [3.8, 4) is 23.0 Å². The van der Waals surface area contributed by atoms with E-state index in [1.165, 1.54) is 61.7 Å². The van der Waals surface area contributed by atoms with Crippen LogP contribution in [-0.4, -0.2) is 154 Å². The number of nitrogens with one attached hydrogen (secondary N) is 2. The minimum Gasteiger partial charge on any atom is -0.478 e. The first-order valence-electron chi connectivity index (χ1n) is 31.7. The molecule has 3 N–H and O–H groups in total. The SMILES string of the molecule is CCOC(=O)C1=NN(c2ccc(Cl)cc2Cl)C(C)(C(=O)OCC)C1.CCc1cc(C)cc(CC)c1-c1c(OC(=O)C(C)(C)C)n2n(c1=O)CCOCC2.COc1nn(C(=O)NS(=O)(=O)c2c(C(=O)O)csc2C)c(=O)n1C.Cc1c(C(=O)c2c[nH]n(C)c2=O)ccc(S(C)(=O)=O)c1C1=NOCC1. The molecule has 3 aliphatic heterocycles. The fourth-order valence-electron chi connectivity index (χ4n) is 10.9. The number of hydrogen-bond acceptors (Lipinski definition) is 24. The molecule has 550 valence electrons. The number of carbonyl (C=O) groups excluding carboxylic acids is 5. The Morgan fingerprint density at radius 2 is 1.46 bits per heavy atom. The molecule has 0 fully saturated rings. The van der Waals surface area contributed by atoms with Gasteiger partial charge in [-0.15, -0.1) is 21.1 Å². The zero-order valence-corrected chi connectivity index (χ0v) is 62.6. The molecule has 102 heavy (non-hydrogen) atoms. The summed E-state index contributed by atoms with van der Waals surface area (Å²) >= 11 is 13.1. The molecule has 7 aromatic rings. The number of oxime groups is 1. The molecule has 31 nitrogen and oxygen atoms in total. The number of aryl methyl sites for hydroxylation is 5. The zero-order valence-electron chi connectivity index (χ0n) is 58.7. The van der Waals surface area contributed by atoms with Crippen LogP contribution in [0.5, 0.6) is 11.9 Å². The predicted molar refractivity (Wildman–Crippen MR) is 378 cm³/mol. The first kappa shape index (κ1) is 79.8. The van der Waals surface area contributed by atoms with E-state index in [1.807, 2.05) is 20.8 Å². The number of thiophene rings is 1. The number of aromatic carboxylic acids is 1. The third-order valence-electron chi connectivity index (χ3n) is 16.0. The summed E-state index contributed by atoms with van der Waals surface area (Å²) in [5.41, 5.74) is 3.10. The zero-order chi connectivity index (χ0) is 75.8. The van der Waals surface area contributed by atoms with Crippen LogP contribution in [0.2, 0.25) is 10.0 Å². The van der Waals surface area contributed by atoms with Crippen molar-refractivity contribution in [2.24, 2.45) is 29.8 Å². The fraction of sp³-hybridized carbons (Fsp3) is 0.424. The summed E-state index contributed by atoms with van der Waals surface area (Å²) in [6.07, 6.45) is 4.54. The molecule has 0 saturated carbocycles. The van der Waals surface area contributed by atoms with Gasteiger partial charge in [-0.05, 0) is 128 Å². The Kier molecular flexibility index (Phi) is 25.6. The number of anilines is 1. The molecule has 36 heteroatoms. The Labute approximate surface area is 600 Å². The average Bonchev–Trinajstić information content (AvgIpc) is 1.57. The Morgan fingerprint density at radius 1 is 0.824 bits per heavy atom. The number of aromatic amines is 1. The van der Waals surface area contributed by atoms with E-state index in [2.05, 4.69) is 53.4 Å². The highest BCUT2D eigenvalue weighted by Gasteiger charge is 2.50. The van der Waals surface area contributed by atoms with Gasteiger partial charge in [-0.2, -0.15) is 5.10 Å². The number of amides is 1. The lowest BCUT2D eigenvalue weighted by molar-refractivity contribution is -0.148. The van der Waals surface area contributed by atoms with Gasteiger partial charge in [0.2, 0.25) is 5.88 Å². The molecule has 7 heterocycles. The van der Waals surface area contributed by atoms with E-state index in [-0.39, 0.29) is 68.5 Å². The monoisotopic (exact) mass is 1510 g/mol. The third-order valence-corrected chi connectivity index (χ3v) is 20.2. The summed E-state index contributed by atoms with van der Waals surface area (Å²) in [5.74, 6) is -3.01. The number of H-pyrrole nitrogens is 1. The van der Waals surface area contributed by atoms with Crippen molar-refractivity contribution < 1.29 is 79.2 Å². The lowest BCUT2D eigenvalue weighted by atomic mass is 9.91. The van der Waals surface area contributed by atoms with Crippen LogP contribution in [0.1, 0.15) is 127 Å². The van der Waals surface area contributed by atoms with Gasteiger partial charge in [-0.1, -0.05) is 59.9 Å². The number of benzene rings is 3. The van der Waals surface area contributed by atoms with E-state index in [9.17, 15) is 60.0 Å². The van der Waals surface area contributed by atoms with Gasteiger partial charge in [0.05, 0.1) is 78.9 Å². The van der Waals surface area contributed by atoms with E-state index >= 15 is 0 Å². The number of carboxylic acid groups (broad SMARTS) is 1. The minimum atomic E-state index is -4.52. The smallest absolute Gasteiger partial charge is 0.360 e. The van der Waals surface area contributed by atoms with Crippen molar-refractivity contribution in [3.63, 3.8) is 0 Å². The largest absolute Gasteiger partial charge is 0.478 e. The minimum absolute atomic E-state index is 0.00623. The van der Waals surface area contributed by atoms with Gasteiger partial charge in [0.25, 0.3) is 21.1 Å². The van der Waals surface area contributed by atoms with E-state index in [1.54, 1.807) is 60.0 Å². The van der Waals surface area contributed by atoms with Crippen LogP contribution in [0.15, 0.2) is 88.5 Å². The molecule has 0 radical (unpaired) electrons. The van der Waals surface area contributed by atoms with E-state index in [4.69, 9.17) is 56.8 Å². The van der Waals surface area contributed by atoms with Crippen molar-refractivity contribution in [2.45, 2.75) is 130 Å². The van der Waals surface area contributed by atoms with Crippen molar-refractivity contribution in [1.82, 2.24) is 38.2 Å². The van der Waals surface area contributed by atoms with Crippen molar-refractivity contribution in [2.75, 3.05) is 51.4 Å². The number of nitrogens with zero attached hydrogens (tertiary/aromatic N) is 9. The van der Waals surface area contributed by atoms with Gasteiger partial charge in [-0.25, -0.2) is 64.5 Å². The number of ketones is 1. The number of rotatable bonds is 17. The number of ether oxygens (including phenoxy) is 5. The molecule has 0 aliphatic carbocycles. The maximum Gasteiger partial charge on any atom is 0.360 e. The number of esters is 3. The standard InChI is InChI=1S/C23H32N2O4.C16H18Cl2N2O4.C16H17N3O5S.C11H12N4O7S2/c1-7-16-13-15(3)14-17(8-2)18(16)19-20(26)24-9-11-28-12-10-25(24)21(19)29-22(27)23(4,5)6;1-4-23-14(21)12-9-16(3,15(22)24-5-2)20(19-12)13-7-6-10(17)8-11(13)18;1-9-10(15(20)11-8-17-19(2)16(11)21)4-5-13(25(3,22)23)14(9)12-6-7-24-18-12;1-5-7(6(4-23-5)8(16)17)24(20,21)13-9(18)15-11(19)14(2)10(12-15)22-3/h13-14H,7-12H2,1-6H3;6-8H,4-5,9H2,1-3H3;4-5,8,17H,6-7H2,1-3H3;4H,1-3H3,(H,13,18)(H,16,17). The summed E-state index contributed by atoms with van der Waals surface area (Å²) in [5, 5.41) is 26.7. The number of hydrazone groups is 1. The van der Waals surface area contributed by atoms with Gasteiger partial charge in [0.15, 0.2) is 21.2 Å². The van der Waals surface area contributed by atoms with Gasteiger partial charge in [-0.3, -0.25) is 23.9 Å². The maximum atomic E-state index is 13.5. The van der Waals surface area contributed by atoms with Crippen LogP contribution in [0.4, 0.5) is 10.5 Å². The number of carboxylic acids is 1. The number of hydrogen-bond donors (Lipinski definition) is 3.